The van der Waals surface area contributed by atoms with Crippen LogP contribution in [-0.4, -0.2) is 61.7 Å². The molecule has 0 N–H and O–H groups in total. The van der Waals surface area contributed by atoms with Crippen LogP contribution < -0.4 is 10.5 Å². The first kappa shape index (κ1) is 22.8. The van der Waals surface area contributed by atoms with Crippen molar-refractivity contribution in [3.63, 3.8) is 0 Å². The van der Waals surface area contributed by atoms with E-state index in [-0.39, 0.29) is 17.3 Å². The number of carbonyl (C=O) groups excluding carboxylic acids is 1. The highest BCUT2D eigenvalue weighted by Crippen LogP contribution is 2.22. The molecule has 1 aliphatic rings. The number of imidazole rings is 1. The zero-order valence-corrected chi connectivity index (χ0v) is 20.2. The molecule has 1 aromatic carbocycles. The van der Waals surface area contributed by atoms with E-state index in [1.54, 1.807) is 40.8 Å². The molecular formula is C25H27FN6O3. The number of aromatic nitrogens is 4. The number of nitrogens with zero attached hydrogens (tertiary/aromatic N) is 6. The second kappa shape index (κ2) is 8.37. The van der Waals surface area contributed by atoms with E-state index in [4.69, 9.17) is 4.74 Å². The van der Waals surface area contributed by atoms with Gasteiger partial charge in [0, 0.05) is 50.3 Å². The molecule has 3 aromatic heterocycles. The Kier molecular flexibility index (Phi) is 5.46. The summed E-state index contributed by atoms with van der Waals surface area (Å²) in [5, 5.41) is 0.432. The largest absolute Gasteiger partial charge is 0.444 e. The Labute approximate surface area is 201 Å². The lowest BCUT2D eigenvalue weighted by Crippen LogP contribution is -2.50. The second-order valence-electron chi connectivity index (χ2n) is 9.74. The summed E-state index contributed by atoms with van der Waals surface area (Å²) in [7, 11) is 0. The lowest BCUT2D eigenvalue weighted by molar-refractivity contribution is 0.0240. The van der Waals surface area contributed by atoms with E-state index in [9.17, 15) is 14.0 Å². The van der Waals surface area contributed by atoms with Gasteiger partial charge in [0.1, 0.15) is 11.9 Å². The molecule has 9 nitrogen and oxygen atoms in total. The number of carbonyl (C=O) groups is 1. The molecule has 0 unspecified atom stereocenters. The van der Waals surface area contributed by atoms with Crippen LogP contribution in [-0.2, 0) is 4.74 Å². The van der Waals surface area contributed by atoms with E-state index >= 15 is 0 Å². The Morgan fingerprint density at radius 1 is 1.06 bits per heavy atom. The highest BCUT2D eigenvalue weighted by molar-refractivity contribution is 5.82. The van der Waals surface area contributed by atoms with Crippen molar-refractivity contribution in [2.75, 3.05) is 31.1 Å². The van der Waals surface area contributed by atoms with Gasteiger partial charge in [0.15, 0.2) is 11.5 Å². The molecule has 182 valence electrons. The molecule has 0 atom stereocenters. The zero-order valence-electron chi connectivity index (χ0n) is 20.2. The highest BCUT2D eigenvalue weighted by atomic mass is 19.1. The third-order valence-corrected chi connectivity index (χ3v) is 5.93. The molecule has 0 saturated carbocycles. The Bertz CT molecular complexity index is 1500. The lowest BCUT2D eigenvalue weighted by Gasteiger charge is -2.36. The maximum atomic E-state index is 14.6. The van der Waals surface area contributed by atoms with Crippen LogP contribution in [0.25, 0.3) is 22.2 Å². The van der Waals surface area contributed by atoms with Crippen molar-refractivity contribution >= 4 is 28.3 Å². The SMILES string of the molecule is Cc1cn2cc(-n3cnc4ccc(N5CCN(C(=O)OC(C)(C)C)CC5)cc4c3=O)cc(F)c2n1. The number of hydrogen-bond acceptors (Lipinski definition) is 6. The number of anilines is 1. The number of amides is 1. The van der Waals surface area contributed by atoms with Gasteiger partial charge in [-0.2, -0.15) is 0 Å². The van der Waals surface area contributed by atoms with Crippen LogP contribution in [0.5, 0.6) is 0 Å². The summed E-state index contributed by atoms with van der Waals surface area (Å²) in [5.74, 6) is -0.515. The van der Waals surface area contributed by atoms with Gasteiger partial charge in [-0.05, 0) is 45.9 Å². The number of benzene rings is 1. The molecule has 4 aromatic rings. The van der Waals surface area contributed by atoms with Gasteiger partial charge in [-0.3, -0.25) is 9.36 Å². The Hall–Kier alpha value is -3.95. The first-order valence-electron chi connectivity index (χ1n) is 11.5. The zero-order chi connectivity index (χ0) is 24.9. The molecule has 1 fully saturated rings. The third-order valence-electron chi connectivity index (χ3n) is 5.93. The van der Waals surface area contributed by atoms with Gasteiger partial charge in [-0.1, -0.05) is 0 Å². The molecule has 0 spiro atoms. The Morgan fingerprint density at radius 3 is 2.51 bits per heavy atom. The minimum atomic E-state index is -0.538. The van der Waals surface area contributed by atoms with Crippen LogP contribution in [0.2, 0.25) is 0 Å². The molecule has 10 heteroatoms. The van der Waals surface area contributed by atoms with Gasteiger partial charge in [0.2, 0.25) is 0 Å². The van der Waals surface area contributed by atoms with Crippen LogP contribution in [0, 0.1) is 12.7 Å². The first-order valence-corrected chi connectivity index (χ1v) is 11.5. The van der Waals surface area contributed by atoms with Gasteiger partial charge in [0.25, 0.3) is 5.56 Å². The number of aryl methyl sites for hydroxylation is 1. The van der Waals surface area contributed by atoms with Crippen LogP contribution >= 0.6 is 0 Å². The van der Waals surface area contributed by atoms with Gasteiger partial charge in [-0.25, -0.2) is 19.2 Å². The number of piperazine rings is 1. The molecule has 1 amide bonds. The predicted octanol–water partition coefficient (Wildman–Crippen LogP) is 3.54. The van der Waals surface area contributed by atoms with Crippen molar-refractivity contribution in [2.24, 2.45) is 0 Å². The van der Waals surface area contributed by atoms with Crippen molar-refractivity contribution in [3.05, 3.63) is 64.9 Å². The van der Waals surface area contributed by atoms with Gasteiger partial charge < -0.3 is 18.9 Å². The van der Waals surface area contributed by atoms with E-state index in [0.29, 0.717) is 48.5 Å². The van der Waals surface area contributed by atoms with Gasteiger partial charge in [0.05, 0.1) is 22.3 Å². The second-order valence-corrected chi connectivity index (χ2v) is 9.74. The topological polar surface area (TPSA) is 85.0 Å². The Balaban J connectivity index is 1.43. The fourth-order valence-corrected chi connectivity index (χ4v) is 4.26. The van der Waals surface area contributed by atoms with E-state index in [1.807, 2.05) is 26.8 Å². The molecule has 5 rings (SSSR count). The molecule has 0 bridgehead atoms. The van der Waals surface area contributed by atoms with Crippen LogP contribution in [0.1, 0.15) is 26.5 Å². The highest BCUT2D eigenvalue weighted by Gasteiger charge is 2.26. The quantitative estimate of drug-likeness (QED) is 0.438. The molecule has 0 radical (unpaired) electrons. The minimum Gasteiger partial charge on any atom is -0.444 e. The third kappa shape index (κ3) is 4.43. The number of pyridine rings is 1. The lowest BCUT2D eigenvalue weighted by atomic mass is 10.2. The van der Waals surface area contributed by atoms with Gasteiger partial charge in [-0.15, -0.1) is 0 Å². The average molecular weight is 479 g/mol. The maximum absolute atomic E-state index is 14.6. The van der Waals surface area contributed by atoms with Crippen molar-refractivity contribution in [2.45, 2.75) is 33.3 Å². The molecule has 0 aliphatic carbocycles. The van der Waals surface area contributed by atoms with Crippen molar-refractivity contribution in [1.82, 2.24) is 23.8 Å². The molecule has 1 saturated heterocycles. The molecule has 4 heterocycles. The van der Waals surface area contributed by atoms with Gasteiger partial charge >= 0.3 is 6.09 Å². The van der Waals surface area contributed by atoms with Crippen LogP contribution in [0.4, 0.5) is 14.9 Å². The normalized spacial score (nSPS) is 14.7. The summed E-state index contributed by atoms with van der Waals surface area (Å²) < 4.78 is 23.0. The summed E-state index contributed by atoms with van der Waals surface area (Å²) >= 11 is 0. The molecular weight excluding hydrogens is 451 g/mol. The number of rotatable bonds is 2. The summed E-state index contributed by atoms with van der Waals surface area (Å²) in [6.07, 6.45) is 4.46. The number of ether oxygens (including phenoxy) is 1. The Morgan fingerprint density at radius 2 is 1.80 bits per heavy atom. The minimum absolute atomic E-state index is 0.209. The fraction of sp³-hybridized carbons (Fsp3) is 0.360. The standard InChI is InChI=1S/C25H27FN6O3/c1-16-13-31-14-18(12-20(26)22(31)28-16)32-15-27-21-6-5-17(11-19(21)23(32)33)29-7-9-30(10-8-29)24(34)35-25(2,3)4/h5-6,11-15H,7-10H2,1-4H3. The van der Waals surface area contributed by atoms with Crippen molar-refractivity contribution < 1.29 is 13.9 Å². The van der Waals surface area contributed by atoms with E-state index in [0.717, 1.165) is 5.69 Å². The summed E-state index contributed by atoms with van der Waals surface area (Å²) in [5.41, 5.74) is 1.85. The first-order chi connectivity index (χ1) is 16.6. The molecule has 35 heavy (non-hydrogen) atoms. The fourth-order valence-electron chi connectivity index (χ4n) is 4.26. The van der Waals surface area contributed by atoms with Crippen molar-refractivity contribution in [3.8, 4) is 5.69 Å². The van der Waals surface area contributed by atoms with E-state index < -0.39 is 11.4 Å². The summed E-state index contributed by atoms with van der Waals surface area (Å²) in [4.78, 5) is 38.1. The van der Waals surface area contributed by atoms with Crippen LogP contribution in [0.15, 0.2) is 47.8 Å². The maximum Gasteiger partial charge on any atom is 0.410 e. The average Bonchev–Trinajstić information content (AvgIpc) is 3.19. The molecule has 1 aliphatic heterocycles. The number of hydrogen-bond donors (Lipinski definition) is 0. The summed E-state index contributed by atoms with van der Waals surface area (Å²) in [6, 6.07) is 6.82. The van der Waals surface area contributed by atoms with E-state index in [2.05, 4.69) is 14.9 Å². The number of halogens is 1. The van der Waals surface area contributed by atoms with E-state index in [1.165, 1.54) is 17.0 Å². The van der Waals surface area contributed by atoms with Crippen LogP contribution in [0.3, 0.4) is 0 Å². The predicted molar refractivity (Wildman–Crippen MR) is 131 cm³/mol. The number of fused-ring (bicyclic) bond motifs is 2. The monoisotopic (exact) mass is 478 g/mol. The summed E-state index contributed by atoms with van der Waals surface area (Å²) in [6.45, 7) is 9.59. The smallest absolute Gasteiger partial charge is 0.410 e. The van der Waals surface area contributed by atoms with Crippen molar-refractivity contribution in [1.29, 1.82) is 0 Å².